The van der Waals surface area contributed by atoms with E-state index in [2.05, 4.69) is 4.98 Å². The van der Waals surface area contributed by atoms with Crippen LogP contribution in [0.2, 0.25) is 10.0 Å². The third kappa shape index (κ3) is 4.96. The minimum Gasteiger partial charge on any atom is -0.465 e. The van der Waals surface area contributed by atoms with E-state index < -0.39 is 5.97 Å². The number of benzene rings is 2. The van der Waals surface area contributed by atoms with Gasteiger partial charge in [-0.2, -0.15) is 0 Å². The Balaban J connectivity index is 1.68. The molecule has 166 valence electrons. The Morgan fingerprint density at radius 1 is 1.22 bits per heavy atom. The topological polar surface area (TPSA) is 68.7 Å². The van der Waals surface area contributed by atoms with E-state index in [4.69, 9.17) is 32.7 Å². The molecule has 1 atom stereocenters. The number of halogens is 2. The lowest BCUT2D eigenvalue weighted by Gasteiger charge is -2.23. The highest BCUT2D eigenvalue weighted by Gasteiger charge is 2.27. The average molecular weight is 491 g/mol. The summed E-state index contributed by atoms with van der Waals surface area (Å²) >= 11 is 13.7. The molecule has 4 rings (SSSR count). The van der Waals surface area contributed by atoms with Crippen LogP contribution in [-0.2, 0) is 9.47 Å². The predicted molar refractivity (Wildman–Crippen MR) is 126 cm³/mol. The van der Waals surface area contributed by atoms with Crippen LogP contribution in [0, 0.1) is 0 Å². The number of ether oxygens (including phenoxy) is 2. The molecule has 0 N–H and O–H groups in total. The molecule has 0 saturated carbocycles. The SMILES string of the molecule is COC(=O)c1cccc(C(=O)N(CC2CCCO2)c2nc(-c3ccc(Cl)cc3Cl)cs2)c1. The number of hydrogen-bond donors (Lipinski definition) is 0. The van der Waals surface area contributed by atoms with Gasteiger partial charge in [-0.15, -0.1) is 11.3 Å². The van der Waals surface area contributed by atoms with Crippen molar-refractivity contribution in [3.8, 4) is 11.3 Å². The molecule has 0 radical (unpaired) electrons. The predicted octanol–water partition coefficient (Wildman–Crippen LogP) is 5.73. The second kappa shape index (κ2) is 10.0. The number of carbonyl (C=O) groups is 2. The fourth-order valence-electron chi connectivity index (χ4n) is 3.50. The number of carbonyl (C=O) groups excluding carboxylic acids is 2. The molecule has 0 bridgehead atoms. The van der Waals surface area contributed by atoms with Crippen molar-refractivity contribution in [2.75, 3.05) is 25.2 Å². The van der Waals surface area contributed by atoms with E-state index in [1.54, 1.807) is 41.3 Å². The lowest BCUT2D eigenvalue weighted by atomic mass is 10.1. The Morgan fingerprint density at radius 3 is 2.75 bits per heavy atom. The summed E-state index contributed by atoms with van der Waals surface area (Å²) in [5, 5.41) is 3.40. The van der Waals surface area contributed by atoms with Gasteiger partial charge < -0.3 is 9.47 Å². The summed E-state index contributed by atoms with van der Waals surface area (Å²) in [7, 11) is 1.31. The van der Waals surface area contributed by atoms with Crippen molar-refractivity contribution in [1.29, 1.82) is 0 Å². The van der Waals surface area contributed by atoms with E-state index in [-0.39, 0.29) is 12.0 Å². The molecule has 1 amide bonds. The molecular weight excluding hydrogens is 471 g/mol. The zero-order valence-corrected chi connectivity index (χ0v) is 19.5. The van der Waals surface area contributed by atoms with Crippen molar-refractivity contribution in [2.24, 2.45) is 0 Å². The van der Waals surface area contributed by atoms with Gasteiger partial charge in [0, 0.05) is 28.1 Å². The first-order valence-corrected chi connectivity index (χ1v) is 11.6. The summed E-state index contributed by atoms with van der Waals surface area (Å²) in [4.78, 5) is 31.7. The summed E-state index contributed by atoms with van der Waals surface area (Å²) in [6, 6.07) is 11.7. The second-order valence-electron chi connectivity index (χ2n) is 7.26. The van der Waals surface area contributed by atoms with Crippen molar-refractivity contribution >= 4 is 51.5 Å². The number of aromatic nitrogens is 1. The molecule has 9 heteroatoms. The third-order valence-electron chi connectivity index (χ3n) is 5.12. The molecule has 1 unspecified atom stereocenters. The Hall–Kier alpha value is -2.45. The molecule has 3 aromatic rings. The van der Waals surface area contributed by atoms with E-state index >= 15 is 0 Å². The largest absolute Gasteiger partial charge is 0.465 e. The number of methoxy groups -OCH3 is 1. The molecule has 0 aliphatic carbocycles. The van der Waals surface area contributed by atoms with Gasteiger partial charge in [0.1, 0.15) is 0 Å². The van der Waals surface area contributed by atoms with Gasteiger partial charge in [-0.05, 0) is 49.2 Å². The van der Waals surface area contributed by atoms with Crippen molar-refractivity contribution in [3.63, 3.8) is 0 Å². The van der Waals surface area contributed by atoms with E-state index in [1.165, 1.54) is 24.5 Å². The lowest BCUT2D eigenvalue weighted by molar-refractivity contribution is 0.0600. The molecule has 2 aromatic carbocycles. The van der Waals surface area contributed by atoms with Crippen LogP contribution in [0.25, 0.3) is 11.3 Å². The standard InChI is InChI=1S/C23H20Cl2N2O4S/c1-30-22(29)15-5-2-4-14(10-15)21(28)27(12-17-6-3-9-31-17)23-26-20(13-32-23)18-8-7-16(24)11-19(18)25/h2,4-5,7-8,10-11,13,17H,3,6,9,12H2,1H3. The van der Waals surface area contributed by atoms with Gasteiger partial charge in [-0.1, -0.05) is 29.3 Å². The number of nitrogens with zero attached hydrogens (tertiary/aromatic N) is 2. The molecule has 6 nitrogen and oxygen atoms in total. The number of anilines is 1. The van der Waals surface area contributed by atoms with Crippen LogP contribution in [0.1, 0.15) is 33.6 Å². The van der Waals surface area contributed by atoms with Gasteiger partial charge in [0.05, 0.1) is 36.0 Å². The summed E-state index contributed by atoms with van der Waals surface area (Å²) in [5.74, 6) is -0.770. The number of hydrogen-bond acceptors (Lipinski definition) is 6. The smallest absolute Gasteiger partial charge is 0.337 e. The van der Waals surface area contributed by atoms with Crippen LogP contribution in [0.15, 0.2) is 47.8 Å². The van der Waals surface area contributed by atoms with Crippen LogP contribution in [0.4, 0.5) is 5.13 Å². The zero-order valence-electron chi connectivity index (χ0n) is 17.2. The van der Waals surface area contributed by atoms with Gasteiger partial charge in [0.25, 0.3) is 5.91 Å². The highest BCUT2D eigenvalue weighted by molar-refractivity contribution is 7.14. The van der Waals surface area contributed by atoms with Gasteiger partial charge in [0.2, 0.25) is 0 Å². The number of amides is 1. The highest BCUT2D eigenvalue weighted by atomic mass is 35.5. The number of rotatable bonds is 6. The second-order valence-corrected chi connectivity index (χ2v) is 8.94. The van der Waals surface area contributed by atoms with Gasteiger partial charge in [-0.3, -0.25) is 9.69 Å². The van der Waals surface area contributed by atoms with Crippen LogP contribution in [0.5, 0.6) is 0 Å². The molecule has 1 saturated heterocycles. The monoisotopic (exact) mass is 490 g/mol. The minimum absolute atomic E-state index is 0.0748. The maximum Gasteiger partial charge on any atom is 0.337 e. The van der Waals surface area contributed by atoms with E-state index in [0.717, 1.165) is 18.4 Å². The Bertz CT molecular complexity index is 1140. The average Bonchev–Trinajstić information content (AvgIpc) is 3.49. The quantitative estimate of drug-likeness (QED) is 0.412. The molecular formula is C23H20Cl2N2O4S. The Labute approximate surface area is 199 Å². The summed E-state index contributed by atoms with van der Waals surface area (Å²) < 4.78 is 10.5. The van der Waals surface area contributed by atoms with E-state index in [9.17, 15) is 9.59 Å². The molecule has 1 aromatic heterocycles. The summed E-state index contributed by atoms with van der Waals surface area (Å²) in [6.45, 7) is 1.04. The molecule has 1 fully saturated rings. The van der Waals surface area contributed by atoms with Crippen molar-refractivity contribution in [3.05, 3.63) is 69.0 Å². The molecule has 1 aliphatic heterocycles. The molecule has 2 heterocycles. The first-order chi connectivity index (χ1) is 15.5. The van der Waals surface area contributed by atoms with Gasteiger partial charge in [0.15, 0.2) is 5.13 Å². The number of thiazole rings is 1. The van der Waals surface area contributed by atoms with Gasteiger partial charge in [-0.25, -0.2) is 9.78 Å². The third-order valence-corrected chi connectivity index (χ3v) is 6.53. The fourth-order valence-corrected chi connectivity index (χ4v) is 4.84. The van der Waals surface area contributed by atoms with Crippen molar-refractivity contribution in [2.45, 2.75) is 18.9 Å². The fraction of sp³-hybridized carbons (Fsp3) is 0.261. The molecule has 1 aliphatic rings. The van der Waals surface area contributed by atoms with Crippen molar-refractivity contribution < 1.29 is 19.1 Å². The zero-order chi connectivity index (χ0) is 22.7. The Kier molecular flexibility index (Phi) is 7.10. The first-order valence-electron chi connectivity index (χ1n) is 9.99. The Morgan fingerprint density at radius 2 is 2.03 bits per heavy atom. The van der Waals surface area contributed by atoms with Crippen LogP contribution in [-0.4, -0.2) is 43.2 Å². The number of esters is 1. The van der Waals surface area contributed by atoms with Crippen LogP contribution < -0.4 is 4.90 Å². The maximum absolute atomic E-state index is 13.5. The molecule has 32 heavy (non-hydrogen) atoms. The normalized spacial score (nSPS) is 15.5. The van der Waals surface area contributed by atoms with Gasteiger partial charge >= 0.3 is 5.97 Å². The van der Waals surface area contributed by atoms with E-state index in [1.807, 2.05) is 5.38 Å². The van der Waals surface area contributed by atoms with E-state index in [0.29, 0.717) is 45.1 Å². The molecule has 0 spiro atoms. The lowest BCUT2D eigenvalue weighted by Crippen LogP contribution is -2.37. The van der Waals surface area contributed by atoms with Crippen molar-refractivity contribution in [1.82, 2.24) is 4.98 Å². The van der Waals surface area contributed by atoms with Crippen LogP contribution >= 0.6 is 34.5 Å². The summed E-state index contributed by atoms with van der Waals surface area (Å²) in [5.41, 5.74) is 2.06. The summed E-state index contributed by atoms with van der Waals surface area (Å²) in [6.07, 6.45) is 1.75. The maximum atomic E-state index is 13.5. The van der Waals surface area contributed by atoms with Crippen LogP contribution in [0.3, 0.4) is 0 Å². The first kappa shape index (κ1) is 22.7. The minimum atomic E-state index is -0.501. The highest BCUT2D eigenvalue weighted by Crippen LogP contribution is 2.34.